The second kappa shape index (κ2) is 6.17. The van der Waals surface area contributed by atoms with E-state index in [-0.39, 0.29) is 11.3 Å². The zero-order valence-corrected chi connectivity index (χ0v) is 12.6. The Labute approximate surface area is 125 Å². The van der Waals surface area contributed by atoms with Crippen molar-refractivity contribution in [2.24, 2.45) is 0 Å². The molecule has 1 heterocycles. The zero-order valence-electron chi connectivity index (χ0n) is 10.2. The molecule has 0 spiro atoms. The number of hydrogen-bond donors (Lipinski definition) is 1. The molecule has 0 saturated heterocycles. The fourth-order valence-corrected chi connectivity index (χ4v) is 2.32. The second-order valence-electron chi connectivity index (χ2n) is 3.99. The fraction of sp³-hybridized carbons (Fsp3) is 0.143. The summed E-state index contributed by atoms with van der Waals surface area (Å²) in [7, 11) is 0. The molecule has 1 atom stereocenters. The maximum atomic E-state index is 12.2. The zero-order chi connectivity index (χ0) is 13.8. The van der Waals surface area contributed by atoms with E-state index in [2.05, 4.69) is 26.2 Å². The molecule has 0 bridgehead atoms. The SMILES string of the molecule is CC(Cl)c1ccccc1NC(=O)c1ncccc1Br. The summed E-state index contributed by atoms with van der Waals surface area (Å²) in [6.45, 7) is 1.86. The van der Waals surface area contributed by atoms with Crippen LogP contribution < -0.4 is 5.32 Å². The van der Waals surface area contributed by atoms with Gasteiger partial charge in [0.1, 0.15) is 5.69 Å². The number of halogens is 2. The maximum absolute atomic E-state index is 12.2. The van der Waals surface area contributed by atoms with Crippen LogP contribution in [0, 0.1) is 0 Å². The molecule has 0 fully saturated rings. The van der Waals surface area contributed by atoms with Crippen LogP contribution in [0.5, 0.6) is 0 Å². The van der Waals surface area contributed by atoms with Gasteiger partial charge in [-0.2, -0.15) is 0 Å². The highest BCUT2D eigenvalue weighted by atomic mass is 79.9. The second-order valence-corrected chi connectivity index (χ2v) is 5.50. The number of hydrogen-bond acceptors (Lipinski definition) is 2. The third-order valence-electron chi connectivity index (χ3n) is 2.61. The molecule has 0 aliphatic rings. The molecule has 0 aliphatic carbocycles. The molecule has 0 saturated carbocycles. The number of nitrogens with one attached hydrogen (secondary N) is 1. The summed E-state index contributed by atoms with van der Waals surface area (Å²) in [5.41, 5.74) is 1.93. The topological polar surface area (TPSA) is 42.0 Å². The highest BCUT2D eigenvalue weighted by molar-refractivity contribution is 9.10. The van der Waals surface area contributed by atoms with Gasteiger partial charge in [0.05, 0.1) is 5.38 Å². The van der Waals surface area contributed by atoms with Crippen LogP contribution in [0.15, 0.2) is 47.1 Å². The van der Waals surface area contributed by atoms with E-state index in [0.717, 1.165) is 5.56 Å². The first kappa shape index (κ1) is 14.0. The number of nitrogens with zero attached hydrogens (tertiary/aromatic N) is 1. The first-order valence-electron chi connectivity index (χ1n) is 5.74. The van der Waals surface area contributed by atoms with Crippen molar-refractivity contribution in [3.05, 3.63) is 58.3 Å². The van der Waals surface area contributed by atoms with Gasteiger partial charge in [0.25, 0.3) is 5.91 Å². The first-order valence-corrected chi connectivity index (χ1v) is 6.97. The summed E-state index contributed by atoms with van der Waals surface area (Å²) in [6, 6.07) is 11.0. The van der Waals surface area contributed by atoms with Crippen LogP contribution in [0.2, 0.25) is 0 Å². The molecular weight excluding hydrogens is 328 g/mol. The van der Waals surface area contributed by atoms with Gasteiger partial charge in [-0.3, -0.25) is 4.79 Å². The molecule has 1 N–H and O–H groups in total. The predicted molar refractivity (Wildman–Crippen MR) is 80.6 cm³/mol. The number of amides is 1. The summed E-state index contributed by atoms with van der Waals surface area (Å²) >= 11 is 9.40. The lowest BCUT2D eigenvalue weighted by atomic mass is 10.1. The van der Waals surface area contributed by atoms with E-state index in [9.17, 15) is 4.79 Å². The smallest absolute Gasteiger partial charge is 0.275 e. The van der Waals surface area contributed by atoms with Crippen molar-refractivity contribution >= 4 is 39.1 Å². The molecule has 3 nitrogen and oxygen atoms in total. The van der Waals surface area contributed by atoms with Crippen molar-refractivity contribution in [2.45, 2.75) is 12.3 Å². The Hall–Kier alpha value is -1.39. The molecule has 5 heteroatoms. The number of pyridine rings is 1. The number of aromatic nitrogens is 1. The van der Waals surface area contributed by atoms with Gasteiger partial charge in [0, 0.05) is 16.4 Å². The Morgan fingerprint density at radius 3 is 2.74 bits per heavy atom. The minimum atomic E-state index is -0.266. The third-order valence-corrected chi connectivity index (χ3v) is 3.49. The molecule has 2 aromatic rings. The normalized spacial score (nSPS) is 11.9. The summed E-state index contributed by atoms with van der Waals surface area (Å²) in [5, 5.41) is 2.66. The van der Waals surface area contributed by atoms with E-state index in [4.69, 9.17) is 11.6 Å². The van der Waals surface area contributed by atoms with Crippen LogP contribution in [0.25, 0.3) is 0 Å². The summed E-state index contributed by atoms with van der Waals surface area (Å²) in [5.74, 6) is -0.266. The standard InChI is InChI=1S/C14H12BrClN2O/c1-9(16)10-5-2-3-7-12(10)18-14(19)13-11(15)6-4-8-17-13/h2-9H,1H3,(H,18,19). The average Bonchev–Trinajstić information content (AvgIpc) is 2.39. The Bertz CT molecular complexity index is 602. The number of rotatable bonds is 3. The van der Waals surface area contributed by atoms with Crippen molar-refractivity contribution < 1.29 is 4.79 Å². The van der Waals surface area contributed by atoms with Gasteiger partial charge in [-0.1, -0.05) is 18.2 Å². The number of carbonyl (C=O) groups excluding carboxylic acids is 1. The van der Waals surface area contributed by atoms with Gasteiger partial charge < -0.3 is 5.32 Å². The van der Waals surface area contributed by atoms with Gasteiger partial charge in [0.15, 0.2) is 0 Å². The summed E-state index contributed by atoms with van der Waals surface area (Å²) < 4.78 is 0.656. The first-order chi connectivity index (χ1) is 9.09. The van der Waals surface area contributed by atoms with E-state index in [1.807, 2.05) is 31.2 Å². The Morgan fingerprint density at radius 1 is 1.32 bits per heavy atom. The molecule has 0 aliphatic heterocycles. The predicted octanol–water partition coefficient (Wildman–Crippen LogP) is 4.40. The molecule has 19 heavy (non-hydrogen) atoms. The largest absolute Gasteiger partial charge is 0.320 e. The molecular formula is C14H12BrClN2O. The Kier molecular flexibility index (Phi) is 4.56. The third kappa shape index (κ3) is 3.33. The van der Waals surface area contributed by atoms with Crippen LogP contribution in [-0.2, 0) is 0 Å². The molecule has 1 aromatic heterocycles. The monoisotopic (exact) mass is 338 g/mol. The lowest BCUT2D eigenvalue weighted by molar-refractivity contribution is 0.102. The summed E-state index contributed by atoms with van der Waals surface area (Å²) in [4.78, 5) is 16.2. The van der Waals surface area contributed by atoms with Crippen molar-refractivity contribution in [1.82, 2.24) is 4.98 Å². The van der Waals surface area contributed by atoms with E-state index >= 15 is 0 Å². The van der Waals surface area contributed by atoms with Gasteiger partial charge in [-0.15, -0.1) is 11.6 Å². The lowest BCUT2D eigenvalue weighted by Gasteiger charge is -2.12. The molecule has 1 aromatic carbocycles. The maximum Gasteiger partial charge on any atom is 0.275 e. The van der Waals surface area contributed by atoms with Crippen LogP contribution >= 0.6 is 27.5 Å². The van der Waals surface area contributed by atoms with E-state index in [0.29, 0.717) is 15.9 Å². The van der Waals surface area contributed by atoms with Gasteiger partial charge in [-0.05, 0) is 46.6 Å². The Morgan fingerprint density at radius 2 is 2.05 bits per heavy atom. The van der Waals surface area contributed by atoms with Crippen LogP contribution in [0.1, 0.15) is 28.4 Å². The van der Waals surface area contributed by atoms with Gasteiger partial charge in [0.2, 0.25) is 0 Å². The molecule has 1 unspecified atom stereocenters. The van der Waals surface area contributed by atoms with E-state index in [1.54, 1.807) is 18.3 Å². The van der Waals surface area contributed by atoms with E-state index in [1.165, 1.54) is 0 Å². The highest BCUT2D eigenvalue weighted by Gasteiger charge is 2.14. The van der Waals surface area contributed by atoms with Gasteiger partial charge >= 0.3 is 0 Å². The van der Waals surface area contributed by atoms with Crippen molar-refractivity contribution in [3.63, 3.8) is 0 Å². The van der Waals surface area contributed by atoms with Crippen LogP contribution in [0.4, 0.5) is 5.69 Å². The Balaban J connectivity index is 2.27. The number of anilines is 1. The lowest BCUT2D eigenvalue weighted by Crippen LogP contribution is -2.15. The minimum Gasteiger partial charge on any atom is -0.320 e. The van der Waals surface area contributed by atoms with Crippen LogP contribution in [0.3, 0.4) is 0 Å². The quantitative estimate of drug-likeness (QED) is 0.842. The number of para-hydroxylation sites is 1. The highest BCUT2D eigenvalue weighted by Crippen LogP contribution is 2.27. The molecule has 98 valence electrons. The average molecular weight is 340 g/mol. The molecule has 1 amide bonds. The number of carbonyl (C=O) groups is 1. The summed E-state index contributed by atoms with van der Waals surface area (Å²) in [6.07, 6.45) is 1.58. The number of alkyl halides is 1. The van der Waals surface area contributed by atoms with Crippen molar-refractivity contribution in [1.29, 1.82) is 0 Å². The fourth-order valence-electron chi connectivity index (χ4n) is 1.69. The van der Waals surface area contributed by atoms with Crippen molar-refractivity contribution in [2.75, 3.05) is 5.32 Å². The minimum absolute atomic E-state index is 0.177. The van der Waals surface area contributed by atoms with Crippen LogP contribution in [-0.4, -0.2) is 10.9 Å². The number of benzene rings is 1. The van der Waals surface area contributed by atoms with Gasteiger partial charge in [-0.25, -0.2) is 4.98 Å². The van der Waals surface area contributed by atoms with E-state index < -0.39 is 0 Å². The molecule has 0 radical (unpaired) electrons. The molecule has 2 rings (SSSR count). The van der Waals surface area contributed by atoms with Crippen molar-refractivity contribution in [3.8, 4) is 0 Å².